The maximum atomic E-state index is 12.4. The number of nitriles is 2. The van der Waals surface area contributed by atoms with Gasteiger partial charge in [-0.1, -0.05) is 48.5 Å². The first-order valence-corrected chi connectivity index (χ1v) is 8.14. The number of benzene rings is 2. The number of nitrogens with zero attached hydrogens (tertiary/aromatic N) is 2. The Hall–Kier alpha value is -3.37. The normalized spacial score (nSPS) is 19.6. The lowest BCUT2D eigenvalue weighted by Crippen LogP contribution is -2.33. The Morgan fingerprint density at radius 3 is 2.24 bits per heavy atom. The maximum absolute atomic E-state index is 12.4. The fraction of sp³-hybridized carbons (Fsp3) is 0.190. The highest BCUT2D eigenvalue weighted by Gasteiger charge is 2.38. The summed E-state index contributed by atoms with van der Waals surface area (Å²) >= 11 is 0. The quantitative estimate of drug-likeness (QED) is 0.930. The van der Waals surface area contributed by atoms with Crippen LogP contribution in [0.2, 0.25) is 0 Å². The molecule has 4 nitrogen and oxygen atoms in total. The highest BCUT2D eigenvalue weighted by Crippen LogP contribution is 2.40. The molecule has 0 bridgehead atoms. The van der Waals surface area contributed by atoms with Gasteiger partial charge < -0.3 is 5.32 Å². The smallest absolute Gasteiger partial charge is 0.255 e. The number of nitrogens with one attached hydrogen (secondary N) is 1. The van der Waals surface area contributed by atoms with Gasteiger partial charge in [-0.05, 0) is 30.5 Å². The number of rotatable bonds is 3. The lowest BCUT2D eigenvalue weighted by Gasteiger charge is -2.32. The van der Waals surface area contributed by atoms with Crippen LogP contribution in [0.25, 0.3) is 0 Å². The SMILES string of the molecule is N#CC1=C(NC(=O)c2ccccc2)CC[C@@](C#N)(c2ccccc2)C1. The van der Waals surface area contributed by atoms with Crippen LogP contribution in [0.1, 0.15) is 35.2 Å². The predicted molar refractivity (Wildman–Crippen MR) is 94.1 cm³/mol. The average Bonchev–Trinajstić information content (AvgIpc) is 2.69. The van der Waals surface area contributed by atoms with E-state index in [0.717, 1.165) is 5.56 Å². The van der Waals surface area contributed by atoms with Crippen molar-refractivity contribution < 1.29 is 4.79 Å². The molecular weight excluding hydrogens is 310 g/mol. The van der Waals surface area contributed by atoms with Gasteiger partial charge in [0, 0.05) is 17.7 Å². The Morgan fingerprint density at radius 2 is 1.64 bits per heavy atom. The molecule has 1 N–H and O–H groups in total. The second-order valence-electron chi connectivity index (χ2n) is 6.13. The Bertz CT molecular complexity index is 888. The number of carbonyl (C=O) groups is 1. The second kappa shape index (κ2) is 7.03. The fourth-order valence-corrected chi connectivity index (χ4v) is 3.19. The van der Waals surface area contributed by atoms with Gasteiger partial charge in [-0.25, -0.2) is 0 Å². The van der Waals surface area contributed by atoms with Gasteiger partial charge in [-0.15, -0.1) is 0 Å². The molecule has 2 aromatic carbocycles. The zero-order valence-corrected chi connectivity index (χ0v) is 13.7. The summed E-state index contributed by atoms with van der Waals surface area (Å²) < 4.78 is 0. The molecule has 4 heteroatoms. The summed E-state index contributed by atoms with van der Waals surface area (Å²) in [5.74, 6) is -0.229. The zero-order chi connectivity index (χ0) is 17.7. The van der Waals surface area contributed by atoms with Gasteiger partial charge in [0.2, 0.25) is 0 Å². The van der Waals surface area contributed by atoms with Gasteiger partial charge >= 0.3 is 0 Å². The highest BCUT2D eigenvalue weighted by molar-refractivity contribution is 5.95. The zero-order valence-electron chi connectivity index (χ0n) is 13.7. The summed E-state index contributed by atoms with van der Waals surface area (Å²) in [5, 5.41) is 22.2. The minimum absolute atomic E-state index is 0.229. The number of allylic oxidation sites excluding steroid dienone is 2. The largest absolute Gasteiger partial charge is 0.325 e. The van der Waals surface area contributed by atoms with Crippen LogP contribution in [0.4, 0.5) is 0 Å². The maximum Gasteiger partial charge on any atom is 0.255 e. The molecule has 0 aliphatic heterocycles. The third-order valence-corrected chi connectivity index (χ3v) is 4.62. The van der Waals surface area contributed by atoms with Crippen molar-refractivity contribution in [3.8, 4) is 12.1 Å². The van der Waals surface area contributed by atoms with Crippen LogP contribution in [0.5, 0.6) is 0 Å². The predicted octanol–water partition coefficient (Wildman–Crippen LogP) is 3.84. The van der Waals surface area contributed by atoms with Crippen molar-refractivity contribution in [1.82, 2.24) is 5.32 Å². The topological polar surface area (TPSA) is 76.7 Å². The van der Waals surface area contributed by atoms with Gasteiger partial charge in [0.1, 0.15) is 0 Å². The van der Waals surface area contributed by atoms with Crippen molar-refractivity contribution in [2.24, 2.45) is 0 Å². The molecule has 1 aliphatic carbocycles. The molecule has 0 unspecified atom stereocenters. The Morgan fingerprint density at radius 1 is 1.00 bits per heavy atom. The van der Waals surface area contributed by atoms with Crippen molar-refractivity contribution >= 4 is 5.91 Å². The Kier molecular flexibility index (Phi) is 4.64. The van der Waals surface area contributed by atoms with Crippen LogP contribution >= 0.6 is 0 Å². The molecule has 0 fully saturated rings. The van der Waals surface area contributed by atoms with E-state index in [9.17, 15) is 15.3 Å². The fourth-order valence-electron chi connectivity index (χ4n) is 3.19. The van der Waals surface area contributed by atoms with E-state index in [1.165, 1.54) is 0 Å². The van der Waals surface area contributed by atoms with Crippen molar-refractivity contribution in [2.45, 2.75) is 24.7 Å². The number of carbonyl (C=O) groups excluding carboxylic acids is 1. The van der Waals surface area contributed by atoms with Crippen LogP contribution in [0.3, 0.4) is 0 Å². The molecule has 1 atom stereocenters. The number of hydrogen-bond donors (Lipinski definition) is 1. The van der Waals surface area contributed by atoms with E-state index in [0.29, 0.717) is 36.1 Å². The highest BCUT2D eigenvalue weighted by atomic mass is 16.1. The molecule has 0 spiro atoms. The first-order valence-electron chi connectivity index (χ1n) is 8.14. The molecule has 1 amide bonds. The molecule has 0 saturated carbocycles. The molecule has 2 aromatic rings. The third kappa shape index (κ3) is 3.29. The number of hydrogen-bond acceptors (Lipinski definition) is 3. The van der Waals surface area contributed by atoms with Gasteiger partial charge in [0.05, 0.1) is 23.1 Å². The third-order valence-electron chi connectivity index (χ3n) is 4.62. The van der Waals surface area contributed by atoms with Crippen molar-refractivity contribution in [3.63, 3.8) is 0 Å². The molecule has 122 valence electrons. The van der Waals surface area contributed by atoms with E-state index in [4.69, 9.17) is 0 Å². The minimum atomic E-state index is -0.715. The van der Waals surface area contributed by atoms with Gasteiger partial charge in [-0.2, -0.15) is 10.5 Å². The summed E-state index contributed by atoms with van der Waals surface area (Å²) in [6.45, 7) is 0. The van der Waals surface area contributed by atoms with Crippen LogP contribution < -0.4 is 5.32 Å². The summed E-state index contributed by atoms with van der Waals surface area (Å²) in [7, 11) is 0. The van der Waals surface area contributed by atoms with Gasteiger partial charge in [0.25, 0.3) is 5.91 Å². The first-order chi connectivity index (χ1) is 12.2. The molecule has 0 heterocycles. The van der Waals surface area contributed by atoms with Crippen LogP contribution in [0, 0.1) is 22.7 Å². The molecule has 1 aliphatic rings. The Labute approximate surface area is 147 Å². The van der Waals surface area contributed by atoms with Crippen molar-refractivity contribution in [3.05, 3.63) is 83.1 Å². The van der Waals surface area contributed by atoms with E-state index in [2.05, 4.69) is 17.5 Å². The van der Waals surface area contributed by atoms with E-state index < -0.39 is 5.41 Å². The molecule has 0 saturated heterocycles. The van der Waals surface area contributed by atoms with E-state index in [-0.39, 0.29) is 5.91 Å². The van der Waals surface area contributed by atoms with Crippen molar-refractivity contribution in [2.75, 3.05) is 0 Å². The standard InChI is InChI=1S/C21H17N3O/c22-14-17-13-21(15-23,18-9-5-2-6-10-18)12-11-19(17)24-20(25)16-7-3-1-4-8-16/h1-10H,11-13H2,(H,24,25)/t21-/m1/s1. The van der Waals surface area contributed by atoms with Crippen LogP contribution in [0.15, 0.2) is 71.9 Å². The van der Waals surface area contributed by atoms with Gasteiger partial charge in [0.15, 0.2) is 0 Å². The van der Waals surface area contributed by atoms with Crippen molar-refractivity contribution in [1.29, 1.82) is 10.5 Å². The molecule has 25 heavy (non-hydrogen) atoms. The van der Waals surface area contributed by atoms with E-state index >= 15 is 0 Å². The molecule has 3 rings (SSSR count). The Balaban J connectivity index is 1.88. The first kappa shape index (κ1) is 16.5. The monoisotopic (exact) mass is 327 g/mol. The molecular formula is C21H17N3O. The lowest BCUT2D eigenvalue weighted by atomic mass is 9.69. The average molecular weight is 327 g/mol. The summed E-state index contributed by atoms with van der Waals surface area (Å²) in [6.07, 6.45) is 1.38. The van der Waals surface area contributed by atoms with Crippen LogP contribution in [-0.4, -0.2) is 5.91 Å². The van der Waals surface area contributed by atoms with Gasteiger partial charge in [-0.3, -0.25) is 4.79 Å². The number of amides is 1. The molecule has 0 aromatic heterocycles. The molecule has 0 radical (unpaired) electrons. The van der Waals surface area contributed by atoms with E-state index in [1.54, 1.807) is 24.3 Å². The summed E-state index contributed by atoms with van der Waals surface area (Å²) in [6, 6.07) is 23.0. The summed E-state index contributed by atoms with van der Waals surface area (Å²) in [4.78, 5) is 12.4. The van der Waals surface area contributed by atoms with E-state index in [1.807, 2.05) is 36.4 Å². The van der Waals surface area contributed by atoms with Crippen LogP contribution in [-0.2, 0) is 5.41 Å². The lowest BCUT2D eigenvalue weighted by molar-refractivity contribution is 0.0963. The summed E-state index contributed by atoms with van der Waals surface area (Å²) in [5.41, 5.74) is 1.85. The second-order valence-corrected chi connectivity index (χ2v) is 6.13. The minimum Gasteiger partial charge on any atom is -0.325 e.